The van der Waals surface area contributed by atoms with Crippen LogP contribution in [-0.4, -0.2) is 17.5 Å². The van der Waals surface area contributed by atoms with Gasteiger partial charge in [0.1, 0.15) is 0 Å². The van der Waals surface area contributed by atoms with Crippen molar-refractivity contribution in [3.8, 4) is 0 Å². The third-order valence-corrected chi connectivity index (χ3v) is 4.92. The molecule has 0 radical (unpaired) electrons. The van der Waals surface area contributed by atoms with Gasteiger partial charge in [-0.3, -0.25) is 4.79 Å². The molecule has 1 amide bonds. The van der Waals surface area contributed by atoms with Crippen molar-refractivity contribution in [3.05, 3.63) is 35.9 Å². The lowest BCUT2D eigenvalue weighted by Gasteiger charge is -2.37. The van der Waals surface area contributed by atoms with Crippen molar-refractivity contribution in [2.24, 2.45) is 11.7 Å². The normalized spacial score (nSPS) is 34.7. The van der Waals surface area contributed by atoms with E-state index < -0.39 is 0 Å². The number of carbonyl (C=O) groups excluding carboxylic acids is 1. The zero-order valence-corrected chi connectivity index (χ0v) is 13.4. The molecule has 21 heavy (non-hydrogen) atoms. The molecule has 0 bridgehead atoms. The Balaban J connectivity index is 0.00000161. The highest BCUT2D eigenvalue weighted by molar-refractivity contribution is 5.85. The van der Waals surface area contributed by atoms with E-state index in [0.29, 0.717) is 12.0 Å². The van der Waals surface area contributed by atoms with Crippen LogP contribution in [0.5, 0.6) is 0 Å². The first-order valence-electron chi connectivity index (χ1n) is 7.72. The Morgan fingerprint density at radius 2 is 2.00 bits per heavy atom. The summed E-state index contributed by atoms with van der Waals surface area (Å²) in [5, 5.41) is 3.21. The molecule has 3 N–H and O–H groups in total. The van der Waals surface area contributed by atoms with Gasteiger partial charge in [0.05, 0.1) is 5.92 Å². The molecule has 2 saturated carbocycles. The average Bonchev–Trinajstić information content (AvgIpc) is 3.18. The molecule has 1 aromatic carbocycles. The van der Waals surface area contributed by atoms with E-state index in [-0.39, 0.29) is 29.8 Å². The molecule has 4 unspecified atom stereocenters. The summed E-state index contributed by atoms with van der Waals surface area (Å²) in [6.07, 6.45) is 5.22. The van der Waals surface area contributed by atoms with Crippen LogP contribution in [0.4, 0.5) is 0 Å². The second-order valence-electron chi connectivity index (χ2n) is 6.67. The largest absolute Gasteiger partial charge is 0.352 e. The van der Waals surface area contributed by atoms with E-state index in [9.17, 15) is 4.79 Å². The van der Waals surface area contributed by atoms with Gasteiger partial charge >= 0.3 is 0 Å². The lowest BCUT2D eigenvalue weighted by atomic mass is 9.74. The van der Waals surface area contributed by atoms with Crippen LogP contribution < -0.4 is 11.1 Å². The van der Waals surface area contributed by atoms with Gasteiger partial charge in [-0.25, -0.2) is 0 Å². The quantitative estimate of drug-likeness (QED) is 0.902. The molecule has 3 rings (SSSR count). The number of hydrogen-bond donors (Lipinski definition) is 2. The minimum atomic E-state index is -0.334. The van der Waals surface area contributed by atoms with Gasteiger partial charge in [0.15, 0.2) is 0 Å². The number of rotatable bonds is 3. The van der Waals surface area contributed by atoms with E-state index >= 15 is 0 Å². The third kappa shape index (κ3) is 3.58. The second-order valence-corrected chi connectivity index (χ2v) is 6.67. The van der Waals surface area contributed by atoms with Gasteiger partial charge in [-0.2, -0.15) is 0 Å². The molecule has 0 aromatic heterocycles. The molecule has 2 aliphatic carbocycles. The van der Waals surface area contributed by atoms with Crippen molar-refractivity contribution >= 4 is 18.3 Å². The fourth-order valence-electron chi connectivity index (χ4n) is 3.50. The predicted octanol–water partition coefficient (Wildman–Crippen LogP) is 2.99. The van der Waals surface area contributed by atoms with Crippen LogP contribution in [0.15, 0.2) is 30.3 Å². The third-order valence-electron chi connectivity index (χ3n) is 4.92. The number of nitrogens with two attached hydrogens (primary N) is 1. The molecule has 2 fully saturated rings. The van der Waals surface area contributed by atoms with Crippen molar-refractivity contribution in [1.82, 2.24) is 5.32 Å². The Kier molecular flexibility index (Phi) is 4.95. The van der Waals surface area contributed by atoms with Gasteiger partial charge in [-0.05, 0) is 31.7 Å². The zero-order chi connectivity index (χ0) is 14.2. The van der Waals surface area contributed by atoms with Crippen LogP contribution in [0.2, 0.25) is 0 Å². The van der Waals surface area contributed by atoms with Crippen LogP contribution in [0, 0.1) is 5.92 Å². The number of carbonyl (C=O) groups is 1. The lowest BCUT2D eigenvalue weighted by molar-refractivity contribution is -0.128. The number of benzene rings is 1. The maximum atomic E-state index is 12.4. The van der Waals surface area contributed by atoms with Crippen LogP contribution in [-0.2, 0) is 4.79 Å². The Hall–Kier alpha value is -1.06. The Morgan fingerprint density at radius 3 is 2.67 bits per heavy atom. The first-order valence-corrected chi connectivity index (χ1v) is 7.72. The highest BCUT2D eigenvalue weighted by Crippen LogP contribution is 2.41. The molecule has 4 heteroatoms. The maximum Gasteiger partial charge on any atom is 0.225 e. The summed E-state index contributed by atoms with van der Waals surface area (Å²) < 4.78 is 0. The summed E-state index contributed by atoms with van der Waals surface area (Å²) in [7, 11) is 0. The number of amides is 1. The summed E-state index contributed by atoms with van der Waals surface area (Å²) in [6, 6.07) is 10.7. The molecule has 2 aliphatic rings. The SMILES string of the molecule is CC1(N)CCCCC1C(=O)NC1CC1c1ccccc1.Cl. The molecule has 0 heterocycles. The van der Waals surface area contributed by atoms with E-state index in [1.54, 1.807) is 0 Å². The molecule has 0 saturated heterocycles. The second kappa shape index (κ2) is 6.37. The zero-order valence-electron chi connectivity index (χ0n) is 12.5. The topological polar surface area (TPSA) is 55.1 Å². The fraction of sp³-hybridized carbons (Fsp3) is 0.588. The summed E-state index contributed by atoms with van der Waals surface area (Å²) in [5.41, 5.74) is 7.30. The summed E-state index contributed by atoms with van der Waals surface area (Å²) in [4.78, 5) is 12.4. The Labute approximate surface area is 133 Å². The van der Waals surface area contributed by atoms with Gasteiger partial charge in [-0.15, -0.1) is 12.4 Å². The van der Waals surface area contributed by atoms with Crippen molar-refractivity contribution in [1.29, 1.82) is 0 Å². The highest BCUT2D eigenvalue weighted by Gasteiger charge is 2.43. The first kappa shape index (κ1) is 16.3. The molecule has 0 spiro atoms. The van der Waals surface area contributed by atoms with E-state index in [1.165, 1.54) is 5.56 Å². The van der Waals surface area contributed by atoms with E-state index in [2.05, 4.69) is 29.6 Å². The Bertz CT molecular complexity index is 489. The van der Waals surface area contributed by atoms with Gasteiger partial charge < -0.3 is 11.1 Å². The van der Waals surface area contributed by atoms with E-state index in [1.807, 2.05) is 13.0 Å². The highest BCUT2D eigenvalue weighted by atomic mass is 35.5. The minimum Gasteiger partial charge on any atom is -0.352 e. The van der Waals surface area contributed by atoms with Gasteiger partial charge in [0.25, 0.3) is 0 Å². The van der Waals surface area contributed by atoms with Crippen LogP contribution >= 0.6 is 12.4 Å². The van der Waals surface area contributed by atoms with Gasteiger partial charge in [-0.1, -0.05) is 43.2 Å². The van der Waals surface area contributed by atoms with Crippen molar-refractivity contribution in [3.63, 3.8) is 0 Å². The lowest BCUT2D eigenvalue weighted by Crippen LogP contribution is -2.53. The van der Waals surface area contributed by atoms with Gasteiger partial charge in [0.2, 0.25) is 5.91 Å². The molecule has 116 valence electrons. The number of halogens is 1. The van der Waals surface area contributed by atoms with E-state index in [0.717, 1.165) is 32.1 Å². The number of nitrogens with one attached hydrogen (secondary N) is 1. The standard InChI is InChI=1S/C17H24N2O.ClH/c1-17(18)10-6-5-9-14(17)16(20)19-15-11-13(15)12-7-3-2-4-8-12;/h2-4,7-8,13-15H,5-6,9-11,18H2,1H3,(H,19,20);1H. The van der Waals surface area contributed by atoms with Crippen molar-refractivity contribution in [2.75, 3.05) is 0 Å². The molecular weight excluding hydrogens is 284 g/mol. The summed E-state index contributed by atoms with van der Waals surface area (Å²) in [5.74, 6) is 0.638. The predicted molar refractivity (Wildman–Crippen MR) is 87.5 cm³/mol. The monoisotopic (exact) mass is 308 g/mol. The van der Waals surface area contributed by atoms with E-state index in [4.69, 9.17) is 5.73 Å². The van der Waals surface area contributed by atoms with Crippen molar-refractivity contribution in [2.45, 2.75) is 56.5 Å². The average molecular weight is 309 g/mol. The van der Waals surface area contributed by atoms with Crippen LogP contribution in [0.25, 0.3) is 0 Å². The smallest absolute Gasteiger partial charge is 0.225 e. The Morgan fingerprint density at radius 1 is 1.29 bits per heavy atom. The summed E-state index contributed by atoms with van der Waals surface area (Å²) >= 11 is 0. The summed E-state index contributed by atoms with van der Waals surface area (Å²) in [6.45, 7) is 2.03. The fourth-order valence-corrected chi connectivity index (χ4v) is 3.50. The first-order chi connectivity index (χ1) is 9.58. The molecule has 0 aliphatic heterocycles. The van der Waals surface area contributed by atoms with Crippen molar-refractivity contribution < 1.29 is 4.79 Å². The number of hydrogen-bond acceptors (Lipinski definition) is 2. The van der Waals surface area contributed by atoms with Crippen LogP contribution in [0.3, 0.4) is 0 Å². The molecule has 4 atom stereocenters. The minimum absolute atomic E-state index is 0. The maximum absolute atomic E-state index is 12.4. The molecular formula is C17H25ClN2O. The molecule has 1 aromatic rings. The molecule has 3 nitrogen and oxygen atoms in total. The van der Waals surface area contributed by atoms with Gasteiger partial charge in [0, 0.05) is 17.5 Å². The van der Waals surface area contributed by atoms with Crippen LogP contribution in [0.1, 0.15) is 50.5 Å².